The Hall–Kier alpha value is -2.96. The van der Waals surface area contributed by atoms with Gasteiger partial charge in [-0.25, -0.2) is 4.98 Å². The fourth-order valence-corrected chi connectivity index (χ4v) is 3.13. The molecular weight excluding hydrogens is 356 g/mol. The molecule has 1 aromatic carbocycles. The van der Waals surface area contributed by atoms with E-state index in [-0.39, 0.29) is 23.7 Å². The molecule has 8 nitrogen and oxygen atoms in total. The lowest BCUT2D eigenvalue weighted by Gasteiger charge is -2.10. The molecule has 0 atom stereocenters. The number of rotatable bonds is 7. The second-order valence-electron chi connectivity index (χ2n) is 5.26. The van der Waals surface area contributed by atoms with Crippen molar-refractivity contribution in [3.8, 4) is 6.07 Å². The van der Waals surface area contributed by atoms with E-state index in [2.05, 4.69) is 16.4 Å². The van der Waals surface area contributed by atoms with Crippen LogP contribution < -0.4 is 5.32 Å². The molecule has 0 aliphatic heterocycles. The molecule has 2 aromatic rings. The van der Waals surface area contributed by atoms with Gasteiger partial charge in [-0.15, -0.1) is 0 Å². The predicted octanol–water partition coefficient (Wildman–Crippen LogP) is 3.05. The monoisotopic (exact) mass is 372 g/mol. The van der Waals surface area contributed by atoms with Gasteiger partial charge in [0.05, 0.1) is 22.8 Å². The zero-order valence-electron chi connectivity index (χ0n) is 14.2. The number of para-hydroxylation sites is 2. The van der Waals surface area contributed by atoms with Gasteiger partial charge in [-0.1, -0.05) is 23.9 Å². The van der Waals surface area contributed by atoms with Crippen molar-refractivity contribution in [1.82, 2.24) is 4.98 Å². The van der Waals surface area contributed by atoms with E-state index in [0.29, 0.717) is 21.8 Å². The highest BCUT2D eigenvalue weighted by Gasteiger charge is 2.17. The maximum atomic E-state index is 12.2. The molecule has 1 aromatic heterocycles. The summed E-state index contributed by atoms with van der Waals surface area (Å²) in [4.78, 5) is 26.9. The van der Waals surface area contributed by atoms with Crippen LogP contribution in [0.2, 0.25) is 0 Å². The Kier molecular flexibility index (Phi) is 6.66. The van der Waals surface area contributed by atoms with Crippen molar-refractivity contribution in [3.05, 3.63) is 57.3 Å². The quantitative estimate of drug-likeness (QED) is 0.451. The molecule has 1 amide bonds. The molecule has 1 heterocycles. The number of ether oxygens (including phenoxy) is 1. The fourth-order valence-electron chi connectivity index (χ4n) is 2.26. The Bertz CT molecular complexity index is 880. The van der Waals surface area contributed by atoms with Gasteiger partial charge in [-0.3, -0.25) is 14.9 Å². The van der Waals surface area contributed by atoms with E-state index < -0.39 is 10.8 Å². The lowest BCUT2D eigenvalue weighted by atomic mass is 10.1. The van der Waals surface area contributed by atoms with E-state index in [1.54, 1.807) is 19.1 Å². The minimum absolute atomic E-state index is 0.0381. The number of anilines is 1. The van der Waals surface area contributed by atoms with Crippen molar-refractivity contribution < 1.29 is 14.5 Å². The Morgan fingerprint density at radius 3 is 2.85 bits per heavy atom. The number of nitrogens with one attached hydrogen (secondary N) is 1. The predicted molar refractivity (Wildman–Crippen MR) is 96.9 cm³/mol. The van der Waals surface area contributed by atoms with Crippen molar-refractivity contribution in [2.24, 2.45) is 0 Å². The molecule has 1 N–H and O–H groups in total. The number of benzene rings is 1. The first-order chi connectivity index (χ1) is 12.5. The van der Waals surface area contributed by atoms with Gasteiger partial charge in [0.25, 0.3) is 5.69 Å². The number of pyridine rings is 1. The van der Waals surface area contributed by atoms with Crippen LogP contribution >= 0.6 is 11.8 Å². The van der Waals surface area contributed by atoms with Crippen LogP contribution in [0.4, 0.5) is 11.4 Å². The second kappa shape index (κ2) is 8.94. The zero-order chi connectivity index (χ0) is 19.1. The van der Waals surface area contributed by atoms with Crippen LogP contribution in [0.3, 0.4) is 0 Å². The number of thioether (sulfide) groups is 1. The molecular formula is C17H16N4O4S. The van der Waals surface area contributed by atoms with Crippen LogP contribution in [-0.2, 0) is 16.1 Å². The largest absolute Gasteiger partial charge is 0.380 e. The van der Waals surface area contributed by atoms with Gasteiger partial charge in [0.2, 0.25) is 5.91 Å². The van der Waals surface area contributed by atoms with Crippen LogP contribution in [0.1, 0.15) is 16.8 Å². The number of hydrogen-bond acceptors (Lipinski definition) is 7. The van der Waals surface area contributed by atoms with Crippen LogP contribution in [0.25, 0.3) is 0 Å². The molecule has 0 saturated heterocycles. The SMILES string of the molecule is COCc1cc(C)nc(SCC(=O)Nc2ccccc2[N+](=O)[O-])c1C#N. The van der Waals surface area contributed by atoms with Crippen molar-refractivity contribution in [2.75, 3.05) is 18.2 Å². The number of hydrogen-bond donors (Lipinski definition) is 1. The molecule has 0 aliphatic carbocycles. The van der Waals surface area contributed by atoms with E-state index in [4.69, 9.17) is 4.74 Å². The molecule has 0 radical (unpaired) electrons. The molecule has 0 spiro atoms. The number of methoxy groups -OCH3 is 1. The van der Waals surface area contributed by atoms with Crippen LogP contribution in [0, 0.1) is 28.4 Å². The third-order valence-electron chi connectivity index (χ3n) is 3.32. The second-order valence-corrected chi connectivity index (χ2v) is 6.22. The standard InChI is InChI=1S/C17H16N4O4S/c1-11-7-12(9-25-2)13(8-18)17(19-11)26-10-16(22)20-14-5-3-4-6-15(14)21(23)24/h3-7H,9-10H2,1-2H3,(H,20,22). The van der Waals surface area contributed by atoms with Crippen LogP contribution in [0.15, 0.2) is 35.4 Å². The van der Waals surface area contributed by atoms with Gasteiger partial charge in [0.1, 0.15) is 16.8 Å². The Morgan fingerprint density at radius 1 is 1.46 bits per heavy atom. The Morgan fingerprint density at radius 2 is 2.19 bits per heavy atom. The summed E-state index contributed by atoms with van der Waals surface area (Å²) in [5.41, 5.74) is 1.71. The number of aryl methyl sites for hydroxylation is 1. The summed E-state index contributed by atoms with van der Waals surface area (Å²) < 4.78 is 5.09. The van der Waals surface area contributed by atoms with E-state index in [0.717, 1.165) is 11.8 Å². The van der Waals surface area contributed by atoms with Gasteiger partial charge in [0.15, 0.2) is 0 Å². The normalized spacial score (nSPS) is 10.2. The third-order valence-corrected chi connectivity index (χ3v) is 4.30. The lowest BCUT2D eigenvalue weighted by Crippen LogP contribution is -2.15. The van der Waals surface area contributed by atoms with Crippen LogP contribution in [-0.4, -0.2) is 28.7 Å². The first-order valence-electron chi connectivity index (χ1n) is 7.52. The highest BCUT2D eigenvalue weighted by Crippen LogP contribution is 2.26. The number of aromatic nitrogens is 1. The zero-order valence-corrected chi connectivity index (χ0v) is 15.0. The van der Waals surface area contributed by atoms with Gasteiger partial charge >= 0.3 is 0 Å². The summed E-state index contributed by atoms with van der Waals surface area (Å²) >= 11 is 1.10. The number of nitro groups is 1. The van der Waals surface area contributed by atoms with E-state index in [1.165, 1.54) is 25.3 Å². The number of nitro benzene ring substituents is 1. The van der Waals surface area contributed by atoms with Crippen molar-refractivity contribution >= 4 is 29.0 Å². The Balaban J connectivity index is 2.13. The molecule has 9 heteroatoms. The van der Waals surface area contributed by atoms with Crippen molar-refractivity contribution in [2.45, 2.75) is 18.6 Å². The van der Waals surface area contributed by atoms with E-state index >= 15 is 0 Å². The number of carbonyl (C=O) groups is 1. The maximum Gasteiger partial charge on any atom is 0.292 e. The molecule has 0 aliphatic rings. The molecule has 0 unspecified atom stereocenters. The molecule has 0 fully saturated rings. The van der Waals surface area contributed by atoms with Crippen molar-refractivity contribution in [3.63, 3.8) is 0 Å². The maximum absolute atomic E-state index is 12.2. The molecule has 26 heavy (non-hydrogen) atoms. The fraction of sp³-hybridized carbons (Fsp3) is 0.235. The summed E-state index contributed by atoms with van der Waals surface area (Å²) in [6.45, 7) is 2.06. The average molecular weight is 372 g/mol. The van der Waals surface area contributed by atoms with Gasteiger partial charge in [0, 0.05) is 18.9 Å². The average Bonchev–Trinajstić information content (AvgIpc) is 2.60. The number of nitrogens with zero attached hydrogens (tertiary/aromatic N) is 3. The highest BCUT2D eigenvalue weighted by molar-refractivity contribution is 8.00. The number of carbonyl (C=O) groups excluding carboxylic acids is 1. The smallest absolute Gasteiger partial charge is 0.292 e. The van der Waals surface area contributed by atoms with E-state index in [9.17, 15) is 20.2 Å². The Labute approximate surface area is 154 Å². The summed E-state index contributed by atoms with van der Waals surface area (Å²) in [6.07, 6.45) is 0. The first kappa shape index (κ1) is 19.4. The minimum atomic E-state index is -0.560. The topological polar surface area (TPSA) is 118 Å². The van der Waals surface area contributed by atoms with Gasteiger partial charge in [-0.05, 0) is 24.6 Å². The summed E-state index contributed by atoms with van der Waals surface area (Å²) in [5.74, 6) is -0.464. The highest BCUT2D eigenvalue weighted by atomic mass is 32.2. The molecule has 0 saturated carbocycles. The molecule has 0 bridgehead atoms. The number of amides is 1. The summed E-state index contributed by atoms with van der Waals surface area (Å²) in [5, 5.41) is 23.3. The van der Waals surface area contributed by atoms with Gasteiger partial charge < -0.3 is 10.1 Å². The summed E-state index contributed by atoms with van der Waals surface area (Å²) in [6, 6.07) is 9.75. The third kappa shape index (κ3) is 4.78. The molecule has 2 rings (SSSR count). The van der Waals surface area contributed by atoms with Crippen LogP contribution in [0.5, 0.6) is 0 Å². The number of nitriles is 1. The van der Waals surface area contributed by atoms with Gasteiger partial charge in [-0.2, -0.15) is 5.26 Å². The first-order valence-corrected chi connectivity index (χ1v) is 8.50. The molecule has 134 valence electrons. The summed E-state index contributed by atoms with van der Waals surface area (Å²) in [7, 11) is 1.53. The van der Waals surface area contributed by atoms with E-state index in [1.807, 2.05) is 0 Å². The minimum Gasteiger partial charge on any atom is -0.380 e. The lowest BCUT2D eigenvalue weighted by molar-refractivity contribution is -0.383. The van der Waals surface area contributed by atoms with Crippen molar-refractivity contribution in [1.29, 1.82) is 5.26 Å².